The molecule has 7 nitrogen and oxygen atoms in total. The minimum absolute atomic E-state index is 0.105. The molecule has 1 amide bonds. The van der Waals surface area contributed by atoms with Crippen LogP contribution in [0.4, 0.5) is 5.69 Å². The topological polar surface area (TPSA) is 98.5 Å². The van der Waals surface area contributed by atoms with Crippen LogP contribution in [-0.4, -0.2) is 28.7 Å². The lowest BCUT2D eigenvalue weighted by molar-refractivity contribution is -0.145. The molecule has 0 fully saturated rings. The molecule has 166 valence electrons. The van der Waals surface area contributed by atoms with E-state index >= 15 is 0 Å². The van der Waals surface area contributed by atoms with Crippen LogP contribution >= 0.6 is 0 Å². The third kappa shape index (κ3) is 5.91. The van der Waals surface area contributed by atoms with Gasteiger partial charge in [-0.15, -0.1) is 0 Å². The summed E-state index contributed by atoms with van der Waals surface area (Å²) in [4.78, 5) is 41.2. The zero-order valence-corrected chi connectivity index (χ0v) is 18.5. The van der Waals surface area contributed by atoms with Crippen molar-refractivity contribution in [1.82, 2.24) is 4.98 Å². The molecule has 1 heterocycles. The number of esters is 1. The summed E-state index contributed by atoms with van der Waals surface area (Å²) >= 11 is 0. The Labute approximate surface area is 186 Å². The predicted molar refractivity (Wildman–Crippen MR) is 120 cm³/mol. The number of carbonyl (C=O) groups excluding carboxylic acids is 3. The Morgan fingerprint density at radius 2 is 1.69 bits per heavy atom. The smallest absolute Gasteiger partial charge is 0.312 e. The minimum Gasteiger partial charge on any atom is -0.454 e. The normalized spacial score (nSPS) is 12.1. The number of carbonyl (C=O) groups is 3. The maximum absolute atomic E-state index is 12.6. The van der Waals surface area contributed by atoms with Crippen molar-refractivity contribution < 1.29 is 23.5 Å². The molecular formula is C25H26N2O5. The average molecular weight is 434 g/mol. The van der Waals surface area contributed by atoms with E-state index in [2.05, 4.69) is 10.3 Å². The maximum atomic E-state index is 12.6. The highest BCUT2D eigenvalue weighted by molar-refractivity contribution is 6.01. The molecule has 0 aliphatic heterocycles. The van der Waals surface area contributed by atoms with Crippen LogP contribution in [0.5, 0.6) is 0 Å². The summed E-state index contributed by atoms with van der Waals surface area (Å²) in [6.45, 7) is 6.97. The number of Topliss-reactive ketones (excluding diaryl/α,β-unsaturated/α-hetero) is 1. The predicted octanol–water partition coefficient (Wildman–Crippen LogP) is 4.68. The maximum Gasteiger partial charge on any atom is 0.312 e. The zero-order valence-electron chi connectivity index (χ0n) is 18.5. The van der Waals surface area contributed by atoms with Gasteiger partial charge in [0.2, 0.25) is 17.6 Å². The number of anilines is 1. The van der Waals surface area contributed by atoms with Gasteiger partial charge >= 0.3 is 5.97 Å². The van der Waals surface area contributed by atoms with Gasteiger partial charge in [-0.3, -0.25) is 14.4 Å². The van der Waals surface area contributed by atoms with E-state index in [0.29, 0.717) is 22.8 Å². The SMILES string of the molecule is CC(OC(=O)Cc1coc(-c2ccccc2)n1)C(=O)c1ccc(NC(=O)C(C)(C)C)cc1. The summed E-state index contributed by atoms with van der Waals surface area (Å²) in [5.41, 5.74) is 1.67. The van der Waals surface area contributed by atoms with Gasteiger partial charge in [-0.1, -0.05) is 39.0 Å². The van der Waals surface area contributed by atoms with Crippen LogP contribution in [0.2, 0.25) is 0 Å². The number of amides is 1. The number of hydrogen-bond acceptors (Lipinski definition) is 6. The summed E-state index contributed by atoms with van der Waals surface area (Å²) in [5, 5.41) is 2.80. The van der Waals surface area contributed by atoms with Gasteiger partial charge in [0.05, 0.1) is 12.1 Å². The second-order valence-corrected chi connectivity index (χ2v) is 8.46. The largest absolute Gasteiger partial charge is 0.454 e. The molecule has 1 unspecified atom stereocenters. The van der Waals surface area contributed by atoms with Crippen molar-refractivity contribution in [1.29, 1.82) is 0 Å². The summed E-state index contributed by atoms with van der Waals surface area (Å²) in [6.07, 6.45) is 0.338. The summed E-state index contributed by atoms with van der Waals surface area (Å²) in [7, 11) is 0. The lowest BCUT2D eigenvalue weighted by atomic mass is 9.95. The second kappa shape index (κ2) is 9.60. The molecule has 1 aromatic heterocycles. The van der Waals surface area contributed by atoms with Crippen LogP contribution in [-0.2, 0) is 20.7 Å². The quantitative estimate of drug-likeness (QED) is 0.428. The molecule has 2 aromatic carbocycles. The van der Waals surface area contributed by atoms with Gasteiger partial charge in [0.15, 0.2) is 6.10 Å². The standard InChI is InChI=1S/C25H26N2O5/c1-16(22(29)17-10-12-19(13-11-17)27-24(30)25(2,3)4)32-21(28)14-20-15-31-23(26-20)18-8-6-5-7-9-18/h5-13,15-16H,14H2,1-4H3,(H,27,30). The van der Waals surface area contributed by atoms with Crippen molar-refractivity contribution in [3.63, 3.8) is 0 Å². The monoisotopic (exact) mass is 434 g/mol. The molecule has 7 heteroatoms. The van der Waals surface area contributed by atoms with E-state index in [1.165, 1.54) is 13.2 Å². The van der Waals surface area contributed by atoms with Crippen molar-refractivity contribution in [2.75, 3.05) is 5.32 Å². The molecule has 0 saturated carbocycles. The van der Waals surface area contributed by atoms with Crippen LogP contribution in [0.1, 0.15) is 43.7 Å². The van der Waals surface area contributed by atoms with E-state index in [9.17, 15) is 14.4 Å². The molecule has 0 saturated heterocycles. The van der Waals surface area contributed by atoms with Gasteiger partial charge in [0.25, 0.3) is 0 Å². The molecule has 0 spiro atoms. The number of nitrogens with zero attached hydrogens (tertiary/aromatic N) is 1. The molecule has 0 radical (unpaired) electrons. The van der Waals surface area contributed by atoms with Gasteiger partial charge in [-0.25, -0.2) is 4.98 Å². The molecule has 32 heavy (non-hydrogen) atoms. The number of rotatable bonds is 7. The third-order valence-electron chi connectivity index (χ3n) is 4.68. The van der Waals surface area contributed by atoms with Gasteiger partial charge in [-0.05, 0) is 43.3 Å². The molecule has 3 rings (SSSR count). The highest BCUT2D eigenvalue weighted by Gasteiger charge is 2.23. The summed E-state index contributed by atoms with van der Waals surface area (Å²) in [6, 6.07) is 15.8. The van der Waals surface area contributed by atoms with Crippen LogP contribution < -0.4 is 5.32 Å². The minimum atomic E-state index is -0.960. The summed E-state index contributed by atoms with van der Waals surface area (Å²) < 4.78 is 10.7. The second-order valence-electron chi connectivity index (χ2n) is 8.46. The Bertz CT molecular complexity index is 1100. The van der Waals surface area contributed by atoms with Crippen molar-refractivity contribution >= 4 is 23.3 Å². The number of ketones is 1. The van der Waals surface area contributed by atoms with E-state index in [0.717, 1.165) is 5.56 Å². The van der Waals surface area contributed by atoms with Gasteiger partial charge in [0.1, 0.15) is 6.26 Å². The third-order valence-corrected chi connectivity index (χ3v) is 4.68. The van der Waals surface area contributed by atoms with E-state index in [1.807, 2.05) is 51.1 Å². The zero-order chi connectivity index (χ0) is 23.3. The first-order valence-electron chi connectivity index (χ1n) is 10.3. The van der Waals surface area contributed by atoms with E-state index in [-0.39, 0.29) is 18.1 Å². The van der Waals surface area contributed by atoms with Crippen molar-refractivity contribution in [3.05, 3.63) is 72.1 Å². The van der Waals surface area contributed by atoms with Gasteiger partial charge in [0, 0.05) is 22.2 Å². The van der Waals surface area contributed by atoms with E-state index in [4.69, 9.17) is 9.15 Å². The fourth-order valence-corrected chi connectivity index (χ4v) is 2.81. The molecular weight excluding hydrogens is 408 g/mol. The lowest BCUT2D eigenvalue weighted by Gasteiger charge is -2.18. The fraction of sp³-hybridized carbons (Fsp3) is 0.280. The van der Waals surface area contributed by atoms with Crippen LogP contribution in [0, 0.1) is 5.41 Å². The average Bonchev–Trinajstić information content (AvgIpc) is 3.22. The Morgan fingerprint density at radius 3 is 2.31 bits per heavy atom. The van der Waals surface area contributed by atoms with E-state index in [1.54, 1.807) is 24.3 Å². The molecule has 0 aliphatic carbocycles. The van der Waals surface area contributed by atoms with Crippen LogP contribution in [0.15, 0.2) is 65.3 Å². The van der Waals surface area contributed by atoms with Crippen molar-refractivity contribution in [2.45, 2.75) is 40.2 Å². The first-order valence-corrected chi connectivity index (χ1v) is 10.3. The molecule has 0 aliphatic rings. The number of benzene rings is 2. The van der Waals surface area contributed by atoms with E-state index < -0.39 is 17.5 Å². The molecule has 1 atom stereocenters. The molecule has 0 bridgehead atoms. The van der Waals surface area contributed by atoms with Gasteiger partial charge in [-0.2, -0.15) is 0 Å². The van der Waals surface area contributed by atoms with Crippen LogP contribution in [0.3, 0.4) is 0 Å². The van der Waals surface area contributed by atoms with Gasteiger partial charge < -0.3 is 14.5 Å². The van der Waals surface area contributed by atoms with Crippen molar-refractivity contribution in [3.8, 4) is 11.5 Å². The number of hydrogen-bond donors (Lipinski definition) is 1. The highest BCUT2D eigenvalue weighted by atomic mass is 16.5. The Kier molecular flexibility index (Phi) is 6.88. The highest BCUT2D eigenvalue weighted by Crippen LogP contribution is 2.20. The lowest BCUT2D eigenvalue weighted by Crippen LogP contribution is -2.27. The summed E-state index contributed by atoms with van der Waals surface area (Å²) in [5.74, 6) is -0.622. The number of aromatic nitrogens is 1. The fourth-order valence-electron chi connectivity index (χ4n) is 2.81. The number of nitrogens with one attached hydrogen (secondary N) is 1. The number of oxazole rings is 1. The first kappa shape index (κ1) is 22.9. The Hall–Kier alpha value is -3.74. The Morgan fingerprint density at radius 1 is 1.03 bits per heavy atom. The Balaban J connectivity index is 1.55. The first-order chi connectivity index (χ1) is 15.1. The molecule has 3 aromatic rings. The van der Waals surface area contributed by atoms with Crippen molar-refractivity contribution in [2.24, 2.45) is 5.41 Å². The van der Waals surface area contributed by atoms with Crippen LogP contribution in [0.25, 0.3) is 11.5 Å². The molecule has 1 N–H and O–H groups in total. The number of ether oxygens (including phenoxy) is 1.